The van der Waals surface area contributed by atoms with Gasteiger partial charge in [-0.2, -0.15) is 0 Å². The zero-order chi connectivity index (χ0) is 23.4. The maximum atomic E-state index is 13.6. The lowest BCUT2D eigenvalue weighted by Gasteiger charge is -2.34. The molecule has 0 aliphatic carbocycles. The maximum Gasteiger partial charge on any atom is 0.245 e. The standard InChI is InChI=1S/C26H34N4O2S/c1-18-12-13-21(17-31)29(18)14-5-2-6-15-30-22-10-3-4-11-23(22)33-24(26(30)32)19-8-7-9-20(16-19)25(27)28/h3-4,7-11,16,18,21,24,31H,2,5-6,12-15,17H2,1H3,(H3,27,28). The van der Waals surface area contributed by atoms with Crippen LogP contribution in [0.15, 0.2) is 53.4 Å². The van der Waals surface area contributed by atoms with Crippen molar-refractivity contribution in [3.8, 4) is 0 Å². The van der Waals surface area contributed by atoms with E-state index in [1.54, 1.807) is 17.8 Å². The number of aliphatic hydroxyl groups excluding tert-OH is 1. The minimum atomic E-state index is -0.338. The number of hydrogen-bond acceptors (Lipinski definition) is 5. The van der Waals surface area contributed by atoms with E-state index >= 15 is 0 Å². The second-order valence-corrected chi connectivity index (χ2v) is 10.2. The van der Waals surface area contributed by atoms with Gasteiger partial charge in [-0.1, -0.05) is 36.8 Å². The quantitative estimate of drug-likeness (QED) is 0.293. The van der Waals surface area contributed by atoms with E-state index in [0.29, 0.717) is 24.2 Å². The molecular weight excluding hydrogens is 432 g/mol. The second kappa shape index (κ2) is 10.7. The molecule has 4 rings (SSSR count). The lowest BCUT2D eigenvalue weighted by molar-refractivity contribution is -0.118. The van der Waals surface area contributed by atoms with Crippen molar-refractivity contribution in [2.75, 3.05) is 24.6 Å². The first-order chi connectivity index (χ1) is 16.0. The van der Waals surface area contributed by atoms with Crippen LogP contribution >= 0.6 is 11.8 Å². The Morgan fingerprint density at radius 2 is 1.91 bits per heavy atom. The van der Waals surface area contributed by atoms with Crippen LogP contribution in [-0.4, -0.2) is 53.5 Å². The number of unbranched alkanes of at least 4 members (excludes halogenated alkanes) is 2. The Morgan fingerprint density at radius 1 is 1.12 bits per heavy atom. The molecule has 0 saturated carbocycles. The van der Waals surface area contributed by atoms with Gasteiger partial charge in [0.1, 0.15) is 11.1 Å². The van der Waals surface area contributed by atoms with E-state index < -0.39 is 0 Å². The summed E-state index contributed by atoms with van der Waals surface area (Å²) in [6.45, 7) is 4.19. The lowest BCUT2D eigenvalue weighted by atomic mass is 10.1. The number of amides is 1. The third-order valence-corrected chi connectivity index (χ3v) is 8.16. The van der Waals surface area contributed by atoms with Crippen LogP contribution < -0.4 is 10.6 Å². The average Bonchev–Trinajstić information content (AvgIpc) is 3.19. The molecule has 0 radical (unpaired) electrons. The number of nitrogens with one attached hydrogen (secondary N) is 1. The number of anilines is 1. The average molecular weight is 467 g/mol. The van der Waals surface area contributed by atoms with Crippen molar-refractivity contribution in [2.24, 2.45) is 5.73 Å². The second-order valence-electron chi connectivity index (χ2n) is 9.06. The number of rotatable bonds is 9. The number of amidine groups is 1. The molecule has 0 aromatic heterocycles. The van der Waals surface area contributed by atoms with E-state index in [4.69, 9.17) is 11.1 Å². The van der Waals surface area contributed by atoms with Crippen LogP contribution in [0.5, 0.6) is 0 Å². The number of nitrogens with zero attached hydrogens (tertiary/aromatic N) is 2. The molecule has 2 aromatic rings. The fourth-order valence-corrected chi connectivity index (χ4v) is 6.21. The number of thioether (sulfide) groups is 1. The first kappa shape index (κ1) is 23.8. The highest BCUT2D eigenvalue weighted by atomic mass is 32.2. The Morgan fingerprint density at radius 3 is 2.70 bits per heavy atom. The highest BCUT2D eigenvalue weighted by Crippen LogP contribution is 2.46. The number of benzene rings is 2. The molecule has 2 aromatic carbocycles. The largest absolute Gasteiger partial charge is 0.395 e. The van der Waals surface area contributed by atoms with Gasteiger partial charge in [0.05, 0.1) is 12.3 Å². The SMILES string of the molecule is CC1CCC(CO)N1CCCCCN1C(=O)C(c2cccc(C(=N)N)c2)Sc2ccccc21. The first-order valence-corrected chi connectivity index (χ1v) is 12.8. The van der Waals surface area contributed by atoms with Gasteiger partial charge in [-0.05, 0) is 62.9 Å². The molecule has 2 aliphatic rings. The molecule has 33 heavy (non-hydrogen) atoms. The molecule has 6 nitrogen and oxygen atoms in total. The van der Waals surface area contributed by atoms with E-state index in [0.717, 1.165) is 54.8 Å². The molecule has 1 fully saturated rings. The zero-order valence-corrected chi connectivity index (χ0v) is 20.1. The Kier molecular flexibility index (Phi) is 7.73. The monoisotopic (exact) mass is 466 g/mol. The highest BCUT2D eigenvalue weighted by Gasteiger charge is 2.34. The van der Waals surface area contributed by atoms with Crippen molar-refractivity contribution in [1.82, 2.24) is 4.90 Å². The number of fused-ring (bicyclic) bond motifs is 1. The molecule has 7 heteroatoms. The molecule has 1 amide bonds. The summed E-state index contributed by atoms with van der Waals surface area (Å²) in [5.74, 6) is 0.103. The van der Waals surface area contributed by atoms with Gasteiger partial charge in [0.15, 0.2) is 0 Å². The normalized spacial score (nSPS) is 23.0. The summed E-state index contributed by atoms with van der Waals surface area (Å²) < 4.78 is 0. The Balaban J connectivity index is 1.42. The number of nitrogen functional groups attached to an aromatic ring is 1. The summed E-state index contributed by atoms with van der Waals surface area (Å²) in [7, 11) is 0. The van der Waals surface area contributed by atoms with Crippen molar-refractivity contribution in [3.63, 3.8) is 0 Å². The summed E-state index contributed by atoms with van der Waals surface area (Å²) in [5, 5.41) is 17.0. The predicted molar refractivity (Wildman–Crippen MR) is 135 cm³/mol. The van der Waals surface area contributed by atoms with Crippen molar-refractivity contribution in [1.29, 1.82) is 5.41 Å². The number of nitrogens with two attached hydrogens (primary N) is 1. The molecule has 3 atom stereocenters. The third-order valence-electron chi connectivity index (χ3n) is 6.85. The van der Waals surface area contributed by atoms with Crippen molar-refractivity contribution in [3.05, 3.63) is 59.7 Å². The minimum Gasteiger partial charge on any atom is -0.395 e. The Labute approximate surface area is 200 Å². The van der Waals surface area contributed by atoms with E-state index in [1.165, 1.54) is 0 Å². The molecular formula is C26H34N4O2S. The number of carbonyl (C=O) groups excluding carboxylic acids is 1. The van der Waals surface area contributed by atoms with Crippen LogP contribution in [-0.2, 0) is 4.79 Å². The summed E-state index contributed by atoms with van der Waals surface area (Å²) in [4.78, 5) is 19.0. The van der Waals surface area contributed by atoms with E-state index in [-0.39, 0.29) is 23.6 Å². The summed E-state index contributed by atoms with van der Waals surface area (Å²) in [6.07, 6.45) is 5.31. The number of carbonyl (C=O) groups is 1. The van der Waals surface area contributed by atoms with E-state index in [9.17, 15) is 9.90 Å². The topological polar surface area (TPSA) is 93.6 Å². The molecule has 0 bridgehead atoms. The summed E-state index contributed by atoms with van der Waals surface area (Å²) >= 11 is 1.57. The van der Waals surface area contributed by atoms with Crippen LogP contribution in [0, 0.1) is 5.41 Å². The van der Waals surface area contributed by atoms with E-state index in [2.05, 4.69) is 17.9 Å². The molecule has 1 saturated heterocycles. The number of para-hydroxylation sites is 1. The minimum absolute atomic E-state index is 0.0122. The van der Waals surface area contributed by atoms with Crippen LogP contribution in [0.2, 0.25) is 0 Å². The first-order valence-electron chi connectivity index (χ1n) is 11.9. The van der Waals surface area contributed by atoms with Crippen molar-refractivity contribution < 1.29 is 9.90 Å². The molecule has 0 spiro atoms. The maximum absolute atomic E-state index is 13.6. The van der Waals surface area contributed by atoms with Gasteiger partial charge in [-0.25, -0.2) is 0 Å². The fourth-order valence-electron chi connectivity index (χ4n) is 4.99. The summed E-state index contributed by atoms with van der Waals surface area (Å²) in [6, 6.07) is 16.4. The van der Waals surface area contributed by atoms with Gasteiger partial charge in [-0.3, -0.25) is 15.1 Å². The molecule has 2 heterocycles. The van der Waals surface area contributed by atoms with E-state index in [1.807, 2.05) is 41.3 Å². The molecule has 2 aliphatic heterocycles. The fraction of sp³-hybridized carbons (Fsp3) is 0.462. The number of likely N-dealkylation sites (tertiary alicyclic amines) is 1. The van der Waals surface area contributed by atoms with Gasteiger partial charge < -0.3 is 15.7 Å². The number of aliphatic hydroxyl groups is 1. The Hall–Kier alpha value is -2.35. The van der Waals surface area contributed by atoms with Gasteiger partial charge in [0.25, 0.3) is 0 Å². The van der Waals surface area contributed by atoms with Gasteiger partial charge in [-0.15, -0.1) is 11.8 Å². The molecule has 176 valence electrons. The van der Waals surface area contributed by atoms with Gasteiger partial charge in [0.2, 0.25) is 5.91 Å². The van der Waals surface area contributed by atoms with Crippen LogP contribution in [0.1, 0.15) is 55.4 Å². The highest BCUT2D eigenvalue weighted by molar-refractivity contribution is 8.00. The van der Waals surface area contributed by atoms with Crippen LogP contribution in [0.3, 0.4) is 0 Å². The predicted octanol–water partition coefficient (Wildman–Crippen LogP) is 4.17. The number of hydrogen-bond donors (Lipinski definition) is 3. The zero-order valence-electron chi connectivity index (χ0n) is 19.2. The van der Waals surface area contributed by atoms with Crippen molar-refractivity contribution in [2.45, 2.75) is 61.3 Å². The van der Waals surface area contributed by atoms with Crippen LogP contribution in [0.4, 0.5) is 5.69 Å². The van der Waals surface area contributed by atoms with Gasteiger partial charge >= 0.3 is 0 Å². The molecule has 3 unspecified atom stereocenters. The summed E-state index contributed by atoms with van der Waals surface area (Å²) in [5.41, 5.74) is 8.19. The smallest absolute Gasteiger partial charge is 0.245 e. The lowest BCUT2D eigenvalue weighted by Crippen LogP contribution is -2.38. The molecule has 4 N–H and O–H groups in total. The third kappa shape index (κ3) is 5.26. The van der Waals surface area contributed by atoms with Crippen molar-refractivity contribution >= 4 is 29.2 Å². The van der Waals surface area contributed by atoms with Crippen LogP contribution in [0.25, 0.3) is 0 Å². The van der Waals surface area contributed by atoms with Gasteiger partial charge in [0, 0.05) is 29.1 Å². The Bertz CT molecular complexity index is 998.